The molecule has 7 heteroatoms. The van der Waals surface area contributed by atoms with Crippen molar-refractivity contribution >= 4 is 18.0 Å². The van der Waals surface area contributed by atoms with Crippen LogP contribution in [0.5, 0.6) is 0 Å². The molecule has 0 radical (unpaired) electrons. The molecule has 1 aliphatic carbocycles. The minimum absolute atomic E-state index is 0.0536. The van der Waals surface area contributed by atoms with Crippen molar-refractivity contribution in [2.75, 3.05) is 19.7 Å². The third-order valence-electron chi connectivity index (χ3n) is 7.24. The van der Waals surface area contributed by atoms with Gasteiger partial charge in [0, 0.05) is 19.0 Å². The number of aliphatic carboxylic acids is 1. The van der Waals surface area contributed by atoms with Gasteiger partial charge in [0.15, 0.2) is 0 Å². The molecule has 180 valence electrons. The SMILES string of the molecule is CC(C)[C@@H](NC(=O)OCC1c2ccccc2-c2ccccc21)C(=O)N1CCC(C)(C(=O)O)CC1. The van der Waals surface area contributed by atoms with Crippen LogP contribution in [0.25, 0.3) is 11.1 Å². The standard InChI is InChI=1S/C27H32N2O5/c1-17(2)23(24(30)29-14-12-27(3,13-15-29)25(31)32)28-26(33)34-16-22-20-10-6-4-8-18(20)19-9-5-7-11-21(19)22/h4-11,17,22-23H,12-16H2,1-3H3,(H,28,33)(H,31,32)/t23-/m1/s1. The molecule has 0 aromatic heterocycles. The summed E-state index contributed by atoms with van der Waals surface area (Å²) in [7, 11) is 0. The number of nitrogens with one attached hydrogen (secondary N) is 1. The highest BCUT2D eigenvalue weighted by molar-refractivity contribution is 5.86. The molecule has 34 heavy (non-hydrogen) atoms. The summed E-state index contributed by atoms with van der Waals surface area (Å²) >= 11 is 0. The monoisotopic (exact) mass is 464 g/mol. The van der Waals surface area contributed by atoms with Crippen LogP contribution in [0.4, 0.5) is 4.79 Å². The summed E-state index contributed by atoms with van der Waals surface area (Å²) in [6, 6.07) is 15.5. The third-order valence-corrected chi connectivity index (χ3v) is 7.24. The van der Waals surface area contributed by atoms with Crippen molar-refractivity contribution in [1.82, 2.24) is 10.2 Å². The molecule has 1 saturated heterocycles. The second-order valence-electron chi connectivity index (χ2n) is 9.88. The van der Waals surface area contributed by atoms with Crippen molar-refractivity contribution < 1.29 is 24.2 Å². The largest absolute Gasteiger partial charge is 0.481 e. The van der Waals surface area contributed by atoms with E-state index in [1.54, 1.807) is 11.8 Å². The van der Waals surface area contributed by atoms with E-state index in [0.717, 1.165) is 22.3 Å². The van der Waals surface area contributed by atoms with Gasteiger partial charge >= 0.3 is 12.1 Å². The molecule has 1 heterocycles. The maximum Gasteiger partial charge on any atom is 0.407 e. The summed E-state index contributed by atoms with van der Waals surface area (Å²) in [4.78, 5) is 39.0. The minimum Gasteiger partial charge on any atom is -0.481 e. The van der Waals surface area contributed by atoms with E-state index in [1.165, 1.54) is 0 Å². The van der Waals surface area contributed by atoms with Gasteiger partial charge in [-0.05, 0) is 47.9 Å². The number of carboxylic acids is 1. The number of piperidine rings is 1. The Labute approximate surface area is 200 Å². The molecule has 2 N–H and O–H groups in total. The molecule has 0 spiro atoms. The molecule has 1 aliphatic heterocycles. The van der Waals surface area contributed by atoms with Gasteiger partial charge in [-0.25, -0.2) is 4.79 Å². The zero-order valence-corrected chi connectivity index (χ0v) is 19.9. The van der Waals surface area contributed by atoms with Crippen LogP contribution in [0.15, 0.2) is 48.5 Å². The smallest absolute Gasteiger partial charge is 0.407 e. The molecule has 4 rings (SSSR count). The van der Waals surface area contributed by atoms with E-state index in [2.05, 4.69) is 29.6 Å². The van der Waals surface area contributed by atoms with E-state index < -0.39 is 23.5 Å². The highest BCUT2D eigenvalue weighted by Crippen LogP contribution is 2.44. The van der Waals surface area contributed by atoms with E-state index in [1.807, 2.05) is 38.1 Å². The highest BCUT2D eigenvalue weighted by Gasteiger charge is 2.40. The average molecular weight is 465 g/mol. The number of benzene rings is 2. The number of carboxylic acid groups (broad SMARTS) is 1. The molecule has 2 aromatic carbocycles. The number of carbonyl (C=O) groups is 3. The molecule has 1 atom stereocenters. The number of fused-ring (bicyclic) bond motifs is 3. The molecular formula is C27H32N2O5. The zero-order valence-electron chi connectivity index (χ0n) is 19.9. The molecule has 0 saturated carbocycles. The van der Waals surface area contributed by atoms with Gasteiger partial charge in [0.1, 0.15) is 12.6 Å². The highest BCUT2D eigenvalue weighted by atomic mass is 16.5. The molecule has 2 aromatic rings. The lowest BCUT2D eigenvalue weighted by Crippen LogP contribution is -2.54. The zero-order chi connectivity index (χ0) is 24.5. The fourth-order valence-electron chi connectivity index (χ4n) is 4.91. The van der Waals surface area contributed by atoms with Crippen molar-refractivity contribution in [3.63, 3.8) is 0 Å². The Bertz CT molecular complexity index is 1040. The first-order chi connectivity index (χ1) is 16.2. The molecule has 1 fully saturated rings. The number of ether oxygens (including phenoxy) is 1. The Hall–Kier alpha value is -3.35. The summed E-state index contributed by atoms with van der Waals surface area (Å²) in [6.45, 7) is 6.36. The minimum atomic E-state index is -0.836. The number of amides is 2. The van der Waals surface area contributed by atoms with E-state index in [4.69, 9.17) is 4.74 Å². The second kappa shape index (κ2) is 9.49. The summed E-state index contributed by atoms with van der Waals surface area (Å²) in [5.74, 6) is -1.23. The maximum absolute atomic E-state index is 13.2. The summed E-state index contributed by atoms with van der Waals surface area (Å²) in [5.41, 5.74) is 3.75. The topological polar surface area (TPSA) is 95.9 Å². The number of hydrogen-bond acceptors (Lipinski definition) is 4. The summed E-state index contributed by atoms with van der Waals surface area (Å²) in [5, 5.41) is 12.2. The van der Waals surface area contributed by atoms with E-state index in [0.29, 0.717) is 25.9 Å². The van der Waals surface area contributed by atoms with Crippen LogP contribution in [0.3, 0.4) is 0 Å². The Kier molecular flexibility index (Phi) is 6.64. The number of rotatable bonds is 6. The molecule has 0 bridgehead atoms. The average Bonchev–Trinajstić information content (AvgIpc) is 3.15. The predicted molar refractivity (Wildman–Crippen MR) is 128 cm³/mol. The van der Waals surface area contributed by atoms with Gasteiger partial charge in [0.05, 0.1) is 5.41 Å². The predicted octanol–water partition coefficient (Wildman–Crippen LogP) is 4.26. The third kappa shape index (κ3) is 4.52. The fraction of sp³-hybridized carbons (Fsp3) is 0.444. The first kappa shape index (κ1) is 23.8. The van der Waals surface area contributed by atoms with Crippen LogP contribution >= 0.6 is 0 Å². The van der Waals surface area contributed by atoms with Gasteiger partial charge in [-0.1, -0.05) is 62.4 Å². The fourth-order valence-corrected chi connectivity index (χ4v) is 4.91. The van der Waals surface area contributed by atoms with Gasteiger partial charge in [0.2, 0.25) is 5.91 Å². The van der Waals surface area contributed by atoms with Crippen molar-refractivity contribution in [1.29, 1.82) is 0 Å². The second-order valence-corrected chi connectivity index (χ2v) is 9.88. The van der Waals surface area contributed by atoms with Gasteiger partial charge in [-0.2, -0.15) is 0 Å². The number of alkyl carbamates (subject to hydrolysis) is 1. The van der Waals surface area contributed by atoms with Crippen LogP contribution in [0.1, 0.15) is 50.7 Å². The molecule has 2 aliphatic rings. The van der Waals surface area contributed by atoms with Crippen molar-refractivity contribution in [3.8, 4) is 11.1 Å². The number of likely N-dealkylation sites (tertiary alicyclic amines) is 1. The lowest BCUT2D eigenvalue weighted by atomic mass is 9.80. The van der Waals surface area contributed by atoms with E-state index in [-0.39, 0.29) is 24.3 Å². The van der Waals surface area contributed by atoms with Crippen molar-refractivity contribution in [3.05, 3.63) is 59.7 Å². The van der Waals surface area contributed by atoms with Crippen LogP contribution in [0, 0.1) is 11.3 Å². The van der Waals surface area contributed by atoms with Gasteiger partial charge in [0.25, 0.3) is 0 Å². The van der Waals surface area contributed by atoms with E-state index in [9.17, 15) is 19.5 Å². The number of hydrogen-bond donors (Lipinski definition) is 2. The summed E-state index contributed by atoms with van der Waals surface area (Å²) < 4.78 is 5.62. The van der Waals surface area contributed by atoms with Crippen LogP contribution in [-0.2, 0) is 14.3 Å². The normalized spacial score (nSPS) is 17.6. The Morgan fingerprint density at radius 1 is 1.03 bits per heavy atom. The van der Waals surface area contributed by atoms with Crippen LogP contribution in [0.2, 0.25) is 0 Å². The van der Waals surface area contributed by atoms with Gasteiger partial charge in [-0.15, -0.1) is 0 Å². The first-order valence-electron chi connectivity index (χ1n) is 11.8. The van der Waals surface area contributed by atoms with Gasteiger partial charge in [-0.3, -0.25) is 9.59 Å². The van der Waals surface area contributed by atoms with Gasteiger partial charge < -0.3 is 20.1 Å². The lowest BCUT2D eigenvalue weighted by Gasteiger charge is -2.38. The number of nitrogens with zero attached hydrogens (tertiary/aromatic N) is 1. The van der Waals surface area contributed by atoms with Crippen molar-refractivity contribution in [2.24, 2.45) is 11.3 Å². The first-order valence-corrected chi connectivity index (χ1v) is 11.8. The maximum atomic E-state index is 13.2. The Balaban J connectivity index is 1.39. The van der Waals surface area contributed by atoms with Crippen LogP contribution in [-0.4, -0.2) is 53.7 Å². The lowest BCUT2D eigenvalue weighted by molar-refractivity contribution is -0.153. The van der Waals surface area contributed by atoms with Crippen LogP contribution < -0.4 is 5.32 Å². The molecule has 7 nitrogen and oxygen atoms in total. The molecule has 2 amide bonds. The molecule has 0 unspecified atom stereocenters. The number of carbonyl (C=O) groups excluding carboxylic acids is 2. The van der Waals surface area contributed by atoms with E-state index >= 15 is 0 Å². The molecular weight excluding hydrogens is 432 g/mol. The Morgan fingerprint density at radius 2 is 1.56 bits per heavy atom. The Morgan fingerprint density at radius 3 is 2.06 bits per heavy atom. The van der Waals surface area contributed by atoms with Crippen molar-refractivity contribution in [2.45, 2.75) is 45.6 Å². The summed E-state index contributed by atoms with van der Waals surface area (Å²) in [6.07, 6.45) is 0.162. The quantitative estimate of drug-likeness (QED) is 0.666.